The van der Waals surface area contributed by atoms with Crippen LogP contribution >= 0.6 is 11.8 Å². The van der Waals surface area contributed by atoms with Gasteiger partial charge in [0.25, 0.3) is 0 Å². The first-order valence-corrected chi connectivity index (χ1v) is 8.14. The highest BCUT2D eigenvalue weighted by molar-refractivity contribution is 7.99. The standard InChI is InChI=1S/C15H20N2OS/c18-15(8-13-10-19-6-5-16-13)17-9-12-7-11-3-1-2-4-14(11)12/h1-4,12-13,16H,5-10H2,(H,17,18). The molecule has 1 aromatic carbocycles. The third-order valence-electron chi connectivity index (χ3n) is 3.94. The minimum Gasteiger partial charge on any atom is -0.355 e. The van der Waals surface area contributed by atoms with Crippen LogP contribution in [0.4, 0.5) is 0 Å². The van der Waals surface area contributed by atoms with Crippen LogP contribution in [0.15, 0.2) is 24.3 Å². The third-order valence-corrected chi connectivity index (χ3v) is 5.07. The minimum absolute atomic E-state index is 0.185. The number of amides is 1. The van der Waals surface area contributed by atoms with Gasteiger partial charge in [-0.05, 0) is 17.5 Å². The number of carbonyl (C=O) groups excluding carboxylic acids is 1. The van der Waals surface area contributed by atoms with E-state index in [4.69, 9.17) is 0 Å². The van der Waals surface area contributed by atoms with Crippen LogP contribution in [0.3, 0.4) is 0 Å². The van der Waals surface area contributed by atoms with E-state index in [1.54, 1.807) is 0 Å². The van der Waals surface area contributed by atoms with Crippen molar-refractivity contribution >= 4 is 17.7 Å². The second-order valence-electron chi connectivity index (χ2n) is 5.33. The maximum Gasteiger partial charge on any atom is 0.221 e. The molecular formula is C15H20N2OS. The van der Waals surface area contributed by atoms with E-state index in [9.17, 15) is 4.79 Å². The van der Waals surface area contributed by atoms with Crippen LogP contribution < -0.4 is 10.6 Å². The number of nitrogens with one attached hydrogen (secondary N) is 2. The van der Waals surface area contributed by atoms with Crippen LogP contribution in [0, 0.1) is 0 Å². The zero-order chi connectivity index (χ0) is 13.1. The van der Waals surface area contributed by atoms with E-state index in [-0.39, 0.29) is 5.91 Å². The Labute approximate surface area is 118 Å². The predicted molar refractivity (Wildman–Crippen MR) is 79.6 cm³/mol. The molecule has 0 spiro atoms. The molecule has 0 bridgehead atoms. The second kappa shape index (κ2) is 5.97. The molecule has 3 rings (SSSR count). The molecule has 0 saturated carbocycles. The summed E-state index contributed by atoms with van der Waals surface area (Å²) in [6.07, 6.45) is 1.72. The van der Waals surface area contributed by atoms with Crippen LogP contribution in [0.5, 0.6) is 0 Å². The summed E-state index contributed by atoms with van der Waals surface area (Å²) in [5.74, 6) is 2.93. The fourth-order valence-electron chi connectivity index (χ4n) is 2.83. The zero-order valence-corrected chi connectivity index (χ0v) is 11.8. The zero-order valence-electron chi connectivity index (χ0n) is 11.0. The average Bonchev–Trinajstić information content (AvgIpc) is 2.41. The fraction of sp³-hybridized carbons (Fsp3) is 0.533. The smallest absolute Gasteiger partial charge is 0.221 e. The molecule has 1 aliphatic carbocycles. The molecule has 4 heteroatoms. The van der Waals surface area contributed by atoms with Crippen molar-refractivity contribution in [2.75, 3.05) is 24.6 Å². The van der Waals surface area contributed by atoms with E-state index in [1.807, 2.05) is 11.8 Å². The van der Waals surface area contributed by atoms with Gasteiger partial charge in [0.05, 0.1) is 0 Å². The Bertz CT molecular complexity index is 457. The number of hydrogen-bond donors (Lipinski definition) is 2. The largest absolute Gasteiger partial charge is 0.355 e. The number of hydrogen-bond acceptors (Lipinski definition) is 3. The minimum atomic E-state index is 0.185. The van der Waals surface area contributed by atoms with Crippen molar-refractivity contribution in [2.45, 2.75) is 24.8 Å². The third kappa shape index (κ3) is 3.12. The van der Waals surface area contributed by atoms with E-state index >= 15 is 0 Å². The van der Waals surface area contributed by atoms with Crippen LogP contribution in [-0.4, -0.2) is 36.5 Å². The first-order valence-electron chi connectivity index (χ1n) is 6.98. The summed E-state index contributed by atoms with van der Waals surface area (Å²) in [7, 11) is 0. The van der Waals surface area contributed by atoms with E-state index in [0.29, 0.717) is 18.4 Å². The van der Waals surface area contributed by atoms with Crippen LogP contribution in [0.1, 0.15) is 23.5 Å². The monoisotopic (exact) mass is 276 g/mol. The Morgan fingerprint density at radius 1 is 1.42 bits per heavy atom. The summed E-state index contributed by atoms with van der Waals surface area (Å²) in [6, 6.07) is 8.87. The van der Waals surface area contributed by atoms with E-state index in [2.05, 4.69) is 34.9 Å². The average molecular weight is 276 g/mol. The predicted octanol–water partition coefficient (Wildman–Crippen LogP) is 1.54. The van der Waals surface area contributed by atoms with Gasteiger partial charge in [0.15, 0.2) is 0 Å². The highest BCUT2D eigenvalue weighted by Crippen LogP contribution is 2.33. The number of thioether (sulfide) groups is 1. The maximum atomic E-state index is 11.9. The number of benzene rings is 1. The van der Waals surface area contributed by atoms with Crippen LogP contribution in [-0.2, 0) is 11.2 Å². The molecule has 1 saturated heterocycles. The highest BCUT2D eigenvalue weighted by atomic mass is 32.2. The molecule has 3 nitrogen and oxygen atoms in total. The Kier molecular flexibility index (Phi) is 4.09. The second-order valence-corrected chi connectivity index (χ2v) is 6.48. The van der Waals surface area contributed by atoms with Gasteiger partial charge in [0, 0.05) is 43.0 Å². The molecule has 2 atom stereocenters. The molecule has 1 heterocycles. The van der Waals surface area contributed by atoms with Crippen molar-refractivity contribution in [3.05, 3.63) is 35.4 Å². The summed E-state index contributed by atoms with van der Waals surface area (Å²) >= 11 is 1.93. The SMILES string of the molecule is O=C(CC1CSCCN1)NCC1Cc2ccccc21. The summed E-state index contributed by atoms with van der Waals surface area (Å²) in [5, 5.41) is 6.48. The summed E-state index contributed by atoms with van der Waals surface area (Å²) < 4.78 is 0. The van der Waals surface area contributed by atoms with E-state index in [0.717, 1.165) is 31.0 Å². The lowest BCUT2D eigenvalue weighted by Crippen LogP contribution is -2.42. The Morgan fingerprint density at radius 2 is 2.32 bits per heavy atom. The fourth-order valence-corrected chi connectivity index (χ4v) is 3.78. The molecule has 0 radical (unpaired) electrons. The number of rotatable bonds is 4. The molecule has 2 unspecified atom stereocenters. The first kappa shape index (κ1) is 13.0. The van der Waals surface area contributed by atoms with Gasteiger partial charge >= 0.3 is 0 Å². The molecule has 1 fully saturated rings. The quantitative estimate of drug-likeness (QED) is 0.876. The lowest BCUT2D eigenvalue weighted by atomic mass is 9.77. The van der Waals surface area contributed by atoms with Gasteiger partial charge in [0.2, 0.25) is 5.91 Å². The van der Waals surface area contributed by atoms with Gasteiger partial charge in [-0.3, -0.25) is 4.79 Å². The Hall–Kier alpha value is -1.00. The van der Waals surface area contributed by atoms with Gasteiger partial charge in [0.1, 0.15) is 0 Å². The summed E-state index contributed by atoms with van der Waals surface area (Å²) in [6.45, 7) is 1.81. The molecule has 1 aliphatic heterocycles. The molecule has 19 heavy (non-hydrogen) atoms. The van der Waals surface area contributed by atoms with Gasteiger partial charge < -0.3 is 10.6 Å². The Balaban J connectivity index is 1.42. The highest BCUT2D eigenvalue weighted by Gasteiger charge is 2.26. The molecule has 1 aromatic rings. The van der Waals surface area contributed by atoms with Crippen molar-refractivity contribution in [1.82, 2.24) is 10.6 Å². The van der Waals surface area contributed by atoms with E-state index in [1.165, 1.54) is 11.1 Å². The van der Waals surface area contributed by atoms with Crippen molar-refractivity contribution in [3.8, 4) is 0 Å². The molecule has 2 aliphatic rings. The topological polar surface area (TPSA) is 41.1 Å². The van der Waals surface area contributed by atoms with Gasteiger partial charge in [-0.25, -0.2) is 0 Å². The number of fused-ring (bicyclic) bond motifs is 1. The molecule has 1 amide bonds. The molecule has 2 N–H and O–H groups in total. The summed E-state index contributed by atoms with van der Waals surface area (Å²) in [5.41, 5.74) is 2.85. The van der Waals surface area contributed by atoms with Crippen molar-refractivity contribution < 1.29 is 4.79 Å². The van der Waals surface area contributed by atoms with Crippen LogP contribution in [0.25, 0.3) is 0 Å². The van der Waals surface area contributed by atoms with Crippen molar-refractivity contribution in [2.24, 2.45) is 0 Å². The van der Waals surface area contributed by atoms with Crippen molar-refractivity contribution in [3.63, 3.8) is 0 Å². The van der Waals surface area contributed by atoms with E-state index < -0.39 is 0 Å². The maximum absolute atomic E-state index is 11.9. The van der Waals surface area contributed by atoms with Gasteiger partial charge in [-0.2, -0.15) is 11.8 Å². The lowest BCUT2D eigenvalue weighted by molar-refractivity contribution is -0.121. The van der Waals surface area contributed by atoms with Crippen molar-refractivity contribution in [1.29, 1.82) is 0 Å². The lowest BCUT2D eigenvalue weighted by Gasteiger charge is -2.30. The normalized spacial score (nSPS) is 25.3. The summed E-state index contributed by atoms with van der Waals surface area (Å²) in [4.78, 5) is 11.9. The molecular weight excluding hydrogens is 256 g/mol. The Morgan fingerprint density at radius 3 is 3.11 bits per heavy atom. The van der Waals surface area contributed by atoms with Gasteiger partial charge in [-0.15, -0.1) is 0 Å². The van der Waals surface area contributed by atoms with Gasteiger partial charge in [-0.1, -0.05) is 24.3 Å². The molecule has 0 aromatic heterocycles. The molecule has 102 valence electrons. The number of carbonyl (C=O) groups is 1. The van der Waals surface area contributed by atoms with Crippen LogP contribution in [0.2, 0.25) is 0 Å². The first-order chi connectivity index (χ1) is 9.33.